The van der Waals surface area contributed by atoms with Crippen LogP contribution in [0.3, 0.4) is 0 Å². The average molecular weight is 214 g/mol. The molecule has 0 spiro atoms. The van der Waals surface area contributed by atoms with Gasteiger partial charge in [-0.25, -0.2) is 4.98 Å². The fourth-order valence-electron chi connectivity index (χ4n) is 0.877. The fraction of sp³-hybridized carbons (Fsp3) is 0.333. The molecule has 0 aliphatic heterocycles. The Balaban J connectivity index is 2.65. The average Bonchev–Trinajstić information content (AvgIpc) is 2.16. The van der Waals surface area contributed by atoms with Crippen LogP contribution < -0.4 is 11.1 Å². The number of rotatable bonds is 3. The number of carbonyl (C=O) groups excluding carboxylic acids is 1. The van der Waals surface area contributed by atoms with Crippen LogP contribution >= 0.6 is 11.6 Å². The van der Waals surface area contributed by atoms with E-state index in [0.717, 1.165) is 0 Å². The molecule has 1 amide bonds. The molecular formula is C9H12ClN3O. The van der Waals surface area contributed by atoms with Crippen molar-refractivity contribution in [1.29, 1.82) is 0 Å². The maximum atomic E-state index is 11.3. The molecule has 0 aliphatic rings. The van der Waals surface area contributed by atoms with Gasteiger partial charge in [0, 0.05) is 11.2 Å². The van der Waals surface area contributed by atoms with E-state index in [1.165, 1.54) is 6.20 Å². The summed E-state index contributed by atoms with van der Waals surface area (Å²) in [6.07, 6.45) is 2.11. The standard InChI is InChI=1S/C9H12ClN3O/c1-2-7(11)9(14)13-8-5-6(10)3-4-12-8/h3-5,7H,2,11H2,1H3,(H,12,13,14)/t7-/m1/s1. The lowest BCUT2D eigenvalue weighted by Crippen LogP contribution is -2.35. The van der Waals surface area contributed by atoms with Gasteiger partial charge in [-0.05, 0) is 18.6 Å². The molecule has 5 heteroatoms. The zero-order valence-corrected chi connectivity index (χ0v) is 8.58. The molecular weight excluding hydrogens is 202 g/mol. The number of amides is 1. The SMILES string of the molecule is CC[C@@H](N)C(=O)Nc1cc(Cl)ccn1. The van der Waals surface area contributed by atoms with E-state index in [4.69, 9.17) is 17.3 Å². The van der Waals surface area contributed by atoms with Gasteiger partial charge in [0.1, 0.15) is 5.82 Å². The maximum absolute atomic E-state index is 11.3. The second kappa shape index (κ2) is 4.93. The number of pyridine rings is 1. The monoisotopic (exact) mass is 213 g/mol. The van der Waals surface area contributed by atoms with Crippen molar-refractivity contribution >= 4 is 23.3 Å². The van der Waals surface area contributed by atoms with E-state index >= 15 is 0 Å². The molecule has 3 N–H and O–H groups in total. The molecule has 1 heterocycles. The summed E-state index contributed by atoms with van der Waals surface area (Å²) in [7, 11) is 0. The first kappa shape index (κ1) is 10.9. The van der Waals surface area contributed by atoms with Crippen molar-refractivity contribution in [3.05, 3.63) is 23.4 Å². The van der Waals surface area contributed by atoms with Gasteiger partial charge in [0.25, 0.3) is 0 Å². The number of nitrogens with one attached hydrogen (secondary N) is 1. The number of halogens is 1. The van der Waals surface area contributed by atoms with Crippen LogP contribution in [0.15, 0.2) is 18.3 Å². The summed E-state index contributed by atoms with van der Waals surface area (Å²) in [6, 6.07) is 2.70. The van der Waals surface area contributed by atoms with Crippen LogP contribution in [0.1, 0.15) is 13.3 Å². The van der Waals surface area contributed by atoms with Crippen LogP contribution in [0.2, 0.25) is 5.02 Å². The summed E-state index contributed by atoms with van der Waals surface area (Å²) in [5.41, 5.74) is 5.53. The number of anilines is 1. The summed E-state index contributed by atoms with van der Waals surface area (Å²) in [5.74, 6) is 0.175. The molecule has 0 saturated heterocycles. The number of aromatic nitrogens is 1. The Bertz CT molecular complexity index is 330. The maximum Gasteiger partial charge on any atom is 0.242 e. The summed E-state index contributed by atoms with van der Waals surface area (Å²) >= 11 is 5.72. The summed E-state index contributed by atoms with van der Waals surface area (Å²) < 4.78 is 0. The van der Waals surface area contributed by atoms with Crippen molar-refractivity contribution in [2.24, 2.45) is 5.73 Å². The van der Waals surface area contributed by atoms with E-state index in [1.807, 2.05) is 6.92 Å². The third kappa shape index (κ3) is 2.97. The Kier molecular flexibility index (Phi) is 3.85. The third-order valence-electron chi connectivity index (χ3n) is 1.75. The minimum atomic E-state index is -0.504. The number of nitrogens with zero attached hydrogens (tertiary/aromatic N) is 1. The fourth-order valence-corrected chi connectivity index (χ4v) is 1.04. The van der Waals surface area contributed by atoms with Gasteiger partial charge in [-0.2, -0.15) is 0 Å². The molecule has 1 atom stereocenters. The minimum Gasteiger partial charge on any atom is -0.320 e. The van der Waals surface area contributed by atoms with E-state index in [9.17, 15) is 4.79 Å². The molecule has 0 bridgehead atoms. The highest BCUT2D eigenvalue weighted by Gasteiger charge is 2.11. The summed E-state index contributed by atoms with van der Waals surface area (Å²) in [4.78, 5) is 15.3. The lowest BCUT2D eigenvalue weighted by molar-refractivity contribution is -0.117. The van der Waals surface area contributed by atoms with Crippen LogP contribution in [0.25, 0.3) is 0 Å². The van der Waals surface area contributed by atoms with Gasteiger partial charge in [-0.3, -0.25) is 4.79 Å². The highest BCUT2D eigenvalue weighted by atomic mass is 35.5. The summed E-state index contributed by atoms with van der Waals surface area (Å²) in [5, 5.41) is 3.10. The number of carbonyl (C=O) groups is 1. The first-order valence-electron chi connectivity index (χ1n) is 4.31. The highest BCUT2D eigenvalue weighted by molar-refractivity contribution is 6.30. The molecule has 1 aromatic heterocycles. The molecule has 76 valence electrons. The van der Waals surface area contributed by atoms with Gasteiger partial charge in [-0.15, -0.1) is 0 Å². The van der Waals surface area contributed by atoms with E-state index in [0.29, 0.717) is 17.3 Å². The zero-order chi connectivity index (χ0) is 10.6. The van der Waals surface area contributed by atoms with E-state index in [2.05, 4.69) is 10.3 Å². The van der Waals surface area contributed by atoms with Crippen molar-refractivity contribution in [2.75, 3.05) is 5.32 Å². The molecule has 0 aromatic carbocycles. The van der Waals surface area contributed by atoms with Crippen LogP contribution in [0.4, 0.5) is 5.82 Å². The van der Waals surface area contributed by atoms with Gasteiger partial charge in [0.2, 0.25) is 5.91 Å². The van der Waals surface area contributed by atoms with Crippen LogP contribution in [0.5, 0.6) is 0 Å². The van der Waals surface area contributed by atoms with E-state index < -0.39 is 6.04 Å². The second-order valence-corrected chi connectivity index (χ2v) is 3.30. The molecule has 4 nitrogen and oxygen atoms in total. The molecule has 0 unspecified atom stereocenters. The predicted octanol–water partition coefficient (Wildman–Crippen LogP) is 1.41. The molecule has 0 fully saturated rings. The van der Waals surface area contributed by atoms with Crippen molar-refractivity contribution < 1.29 is 4.79 Å². The van der Waals surface area contributed by atoms with Crippen LogP contribution in [-0.4, -0.2) is 16.9 Å². The molecule has 1 rings (SSSR count). The third-order valence-corrected chi connectivity index (χ3v) is 1.98. The lowest BCUT2D eigenvalue weighted by Gasteiger charge is -2.08. The molecule has 14 heavy (non-hydrogen) atoms. The highest BCUT2D eigenvalue weighted by Crippen LogP contribution is 2.11. The van der Waals surface area contributed by atoms with Gasteiger partial charge >= 0.3 is 0 Å². The largest absolute Gasteiger partial charge is 0.320 e. The first-order chi connectivity index (χ1) is 6.63. The molecule has 0 radical (unpaired) electrons. The predicted molar refractivity (Wildman–Crippen MR) is 56.1 cm³/mol. The number of nitrogens with two attached hydrogens (primary N) is 1. The van der Waals surface area contributed by atoms with Crippen molar-refractivity contribution in [3.63, 3.8) is 0 Å². The molecule has 1 aromatic rings. The van der Waals surface area contributed by atoms with E-state index in [-0.39, 0.29) is 5.91 Å². The number of hydrogen-bond acceptors (Lipinski definition) is 3. The quantitative estimate of drug-likeness (QED) is 0.798. The second-order valence-electron chi connectivity index (χ2n) is 2.86. The lowest BCUT2D eigenvalue weighted by atomic mass is 10.2. The molecule has 0 aliphatic carbocycles. The minimum absolute atomic E-state index is 0.248. The van der Waals surface area contributed by atoms with Gasteiger partial charge in [0.05, 0.1) is 6.04 Å². The normalized spacial score (nSPS) is 12.2. The smallest absolute Gasteiger partial charge is 0.242 e. The number of hydrogen-bond donors (Lipinski definition) is 2. The van der Waals surface area contributed by atoms with Crippen molar-refractivity contribution in [3.8, 4) is 0 Å². The van der Waals surface area contributed by atoms with Crippen molar-refractivity contribution in [1.82, 2.24) is 4.98 Å². The van der Waals surface area contributed by atoms with Crippen molar-refractivity contribution in [2.45, 2.75) is 19.4 Å². The zero-order valence-electron chi connectivity index (χ0n) is 7.83. The van der Waals surface area contributed by atoms with Gasteiger partial charge in [-0.1, -0.05) is 18.5 Å². The topological polar surface area (TPSA) is 68.0 Å². The Morgan fingerprint density at radius 1 is 1.79 bits per heavy atom. The Labute approximate surface area is 87.5 Å². The van der Waals surface area contributed by atoms with Crippen LogP contribution in [0, 0.1) is 0 Å². The van der Waals surface area contributed by atoms with Crippen LogP contribution in [-0.2, 0) is 4.79 Å². The Hall–Kier alpha value is -1.13. The van der Waals surface area contributed by atoms with Gasteiger partial charge < -0.3 is 11.1 Å². The Morgan fingerprint density at radius 3 is 3.07 bits per heavy atom. The molecule has 0 saturated carbocycles. The first-order valence-corrected chi connectivity index (χ1v) is 4.69. The van der Waals surface area contributed by atoms with E-state index in [1.54, 1.807) is 12.1 Å². The summed E-state index contributed by atoms with van der Waals surface area (Å²) in [6.45, 7) is 1.84. The van der Waals surface area contributed by atoms with Gasteiger partial charge in [0.15, 0.2) is 0 Å². The Morgan fingerprint density at radius 2 is 2.50 bits per heavy atom.